The van der Waals surface area contributed by atoms with Crippen molar-refractivity contribution in [2.45, 2.75) is 0 Å². The average Bonchev–Trinajstić information content (AvgIpc) is 1.92. The molecule has 0 aromatic carbocycles. The molecule has 80 valence electrons. The summed E-state index contributed by atoms with van der Waals surface area (Å²) in [7, 11) is -4.33. The molecule has 0 radical (unpaired) electrons. The molecule has 0 saturated carbocycles. The Morgan fingerprint density at radius 1 is 0.571 bits per heavy atom. The molecule has 0 aromatic heterocycles. The first-order valence-corrected chi connectivity index (χ1v) is 4.38. The summed E-state index contributed by atoms with van der Waals surface area (Å²) in [6.07, 6.45) is 0. The monoisotopic (exact) mass is 360 g/mol. The molecule has 14 heteroatoms. The molecule has 0 amide bonds. The molecule has 0 aliphatic carbocycles. The predicted molar refractivity (Wildman–Crippen MR) is 34.0 cm³/mol. The van der Waals surface area contributed by atoms with Crippen LogP contribution >= 0.6 is 34.7 Å². The predicted octanol–water partition coefficient (Wildman–Crippen LogP) is -2.61. The summed E-state index contributed by atoms with van der Waals surface area (Å²) in [4.78, 5) is 33.4. The van der Waals surface area contributed by atoms with Gasteiger partial charge in [0, 0.05) is 0 Å². The van der Waals surface area contributed by atoms with Crippen molar-refractivity contribution in [1.82, 2.24) is 0 Å². The van der Waals surface area contributed by atoms with Gasteiger partial charge in [0.25, 0.3) is 0 Å². The van der Waals surface area contributed by atoms with E-state index in [-0.39, 0.29) is 31.7 Å². The molecule has 0 aliphatic heterocycles. The summed E-state index contributed by atoms with van der Waals surface area (Å²) in [6.45, 7) is 0. The second-order valence-electron chi connectivity index (χ2n) is 0.298. The van der Waals surface area contributed by atoms with Gasteiger partial charge in [-0.25, -0.2) is 0 Å². The summed E-state index contributed by atoms with van der Waals surface area (Å²) in [5.74, 6) is 0. The van der Waals surface area contributed by atoms with Crippen LogP contribution in [-0.2, 0) is 44.5 Å². The first-order valence-electron chi connectivity index (χ1n) is 1.46. The van der Waals surface area contributed by atoms with Crippen LogP contribution in [0.3, 0.4) is 0 Å². The van der Waals surface area contributed by atoms with Crippen LogP contribution in [0.15, 0.2) is 0 Å². The first kappa shape index (κ1) is 36.3. The summed E-state index contributed by atoms with van der Waals surface area (Å²) in [5.41, 5.74) is 0. The topological polar surface area (TPSA) is 192 Å². The van der Waals surface area contributed by atoms with Crippen LogP contribution in [-0.4, -0.2) is 5.48 Å². The summed E-state index contributed by atoms with van der Waals surface area (Å²) < 4.78 is 33.4. The Morgan fingerprint density at radius 2 is 0.571 bits per heavy atom. The molecule has 0 heterocycles. The molecule has 14 heavy (non-hydrogen) atoms. The largest absolute Gasteiger partial charge is 4.00 e. The Hall–Kier alpha value is 1.08. The Labute approximate surface area is 104 Å². The Bertz CT molecular complexity index is 70.8. The Morgan fingerprint density at radius 3 is 0.571 bits per heavy atom. The molecular weight excluding hydrogens is 359 g/mol. The molecule has 0 rings (SSSR count). The second kappa shape index (κ2) is 93.3. The van der Waals surface area contributed by atoms with E-state index in [1.54, 1.807) is 0 Å². The van der Waals surface area contributed by atoms with Gasteiger partial charge in [0.1, 0.15) is 0 Å². The summed E-state index contributed by atoms with van der Waals surface area (Å²) in [5, 5.41) is 0. The van der Waals surface area contributed by atoms with Crippen molar-refractivity contribution in [3.63, 3.8) is 0 Å². The SMILES string of the molecule is O.O=P[O-].O=P[O-].O=P[O-].O=P[O-].[Zr+4]. The van der Waals surface area contributed by atoms with Gasteiger partial charge in [-0.15, -0.1) is 0 Å². The van der Waals surface area contributed by atoms with Gasteiger partial charge in [-0.2, -0.15) is 0 Å². The third-order valence-electron chi connectivity index (χ3n) is 0. The Kier molecular flexibility index (Phi) is 242. The van der Waals surface area contributed by atoms with Crippen molar-refractivity contribution >= 4 is 34.7 Å². The van der Waals surface area contributed by atoms with Crippen LogP contribution in [0.25, 0.3) is 0 Å². The Balaban J connectivity index is -0.0000000145. The van der Waals surface area contributed by atoms with Crippen molar-refractivity contribution in [2.75, 3.05) is 0 Å². The minimum Gasteiger partial charge on any atom is -0.772 e. The van der Waals surface area contributed by atoms with E-state index in [0.29, 0.717) is 0 Å². The third-order valence-corrected chi connectivity index (χ3v) is 0. The maximum atomic E-state index is 8.35. The van der Waals surface area contributed by atoms with Crippen LogP contribution in [0.1, 0.15) is 0 Å². The van der Waals surface area contributed by atoms with Crippen molar-refractivity contribution in [3.8, 4) is 0 Å². The normalized spacial score (nSPS) is 6.00. The van der Waals surface area contributed by atoms with Gasteiger partial charge in [-0.1, -0.05) is 0 Å². The fourth-order valence-corrected chi connectivity index (χ4v) is 0. The first-order chi connectivity index (χ1) is 5.66. The van der Waals surface area contributed by atoms with E-state index < -0.39 is 34.7 Å². The van der Waals surface area contributed by atoms with Gasteiger partial charge in [0.05, 0.1) is 34.7 Å². The smallest absolute Gasteiger partial charge is 0.772 e. The van der Waals surface area contributed by atoms with Crippen LogP contribution in [0.2, 0.25) is 0 Å². The van der Waals surface area contributed by atoms with E-state index in [1.165, 1.54) is 0 Å². The number of hydrogen-bond acceptors (Lipinski definition) is 8. The molecule has 0 spiro atoms. The van der Waals surface area contributed by atoms with Crippen LogP contribution in [0, 0.1) is 0 Å². The van der Waals surface area contributed by atoms with Gasteiger partial charge in [0.2, 0.25) is 0 Å². The molecule has 0 saturated heterocycles. The van der Waals surface area contributed by atoms with Crippen molar-refractivity contribution in [1.29, 1.82) is 0 Å². The number of rotatable bonds is 0. The second-order valence-corrected chi connectivity index (χ2v) is 0.894. The van der Waals surface area contributed by atoms with E-state index >= 15 is 0 Å². The fraction of sp³-hybridized carbons (Fsp3) is 0. The van der Waals surface area contributed by atoms with Crippen molar-refractivity contribution < 1.29 is 69.5 Å². The molecule has 0 unspecified atom stereocenters. The fourth-order valence-electron chi connectivity index (χ4n) is 0. The molecular formula is H2O9P4Zr. The van der Waals surface area contributed by atoms with Crippen molar-refractivity contribution in [3.05, 3.63) is 0 Å². The van der Waals surface area contributed by atoms with Gasteiger partial charge in [-0.05, 0) is 0 Å². The van der Waals surface area contributed by atoms with Gasteiger partial charge < -0.3 is 25.0 Å². The maximum Gasteiger partial charge on any atom is 4.00 e. The molecule has 0 fully saturated rings. The molecule has 0 bridgehead atoms. The van der Waals surface area contributed by atoms with Crippen LogP contribution in [0.4, 0.5) is 0 Å². The zero-order chi connectivity index (χ0) is 10.8. The van der Waals surface area contributed by atoms with E-state index in [4.69, 9.17) is 37.8 Å². The van der Waals surface area contributed by atoms with E-state index in [2.05, 4.69) is 0 Å². The standard InChI is InChI=1S/4HO2P.H2O.Zr/c4*1-3-2;;/h4*(H,1,2);1H2;/q;;;;;+4/p-4. The van der Waals surface area contributed by atoms with Crippen LogP contribution in [0.5, 0.6) is 0 Å². The minimum atomic E-state index is -1.08. The average molecular weight is 361 g/mol. The van der Waals surface area contributed by atoms with Crippen LogP contribution < -0.4 is 19.6 Å². The van der Waals surface area contributed by atoms with Crippen molar-refractivity contribution in [2.24, 2.45) is 0 Å². The zero-order valence-corrected chi connectivity index (χ0v) is 12.1. The molecule has 2 N–H and O–H groups in total. The minimum absolute atomic E-state index is 0. The third kappa shape index (κ3) is 1630. The molecule has 0 atom stereocenters. The maximum absolute atomic E-state index is 8.35. The van der Waals surface area contributed by atoms with Gasteiger partial charge in [-0.3, -0.25) is 18.3 Å². The molecule has 0 aliphatic rings. The van der Waals surface area contributed by atoms with E-state index in [1.807, 2.05) is 0 Å². The molecule has 0 aromatic rings. The summed E-state index contributed by atoms with van der Waals surface area (Å²) in [6, 6.07) is 0. The zero-order valence-electron chi connectivity index (χ0n) is 6.05. The van der Waals surface area contributed by atoms with Gasteiger partial charge >= 0.3 is 26.2 Å². The molecule has 9 nitrogen and oxygen atoms in total. The quantitative estimate of drug-likeness (QED) is 0.418. The number of hydrogen-bond donors (Lipinski definition) is 0. The van der Waals surface area contributed by atoms with E-state index in [0.717, 1.165) is 0 Å². The van der Waals surface area contributed by atoms with E-state index in [9.17, 15) is 0 Å². The summed E-state index contributed by atoms with van der Waals surface area (Å²) >= 11 is 0. The van der Waals surface area contributed by atoms with Gasteiger partial charge in [0.15, 0.2) is 0 Å².